The smallest absolute Gasteiger partial charge is 0.323 e. The molecule has 0 radical (unpaired) electrons. The van der Waals surface area contributed by atoms with E-state index in [9.17, 15) is 19.2 Å². The minimum absolute atomic E-state index is 0.155. The Hall–Kier alpha value is -2.72. The predicted octanol–water partition coefficient (Wildman–Crippen LogP) is 1.73. The SMILES string of the molecule is C=CCC(C(=O)OCC)N(CCN(CC(=O)OCC)C(CC=C)C(=O)OCC)CC(=O)OCC. The van der Waals surface area contributed by atoms with Crippen LogP contribution in [0.15, 0.2) is 25.3 Å². The lowest BCUT2D eigenvalue weighted by Crippen LogP contribution is -2.51. The molecular formula is C24H40N2O8. The van der Waals surface area contributed by atoms with Gasteiger partial charge < -0.3 is 18.9 Å². The van der Waals surface area contributed by atoms with Crippen LogP contribution in [0.25, 0.3) is 0 Å². The molecule has 0 aliphatic carbocycles. The normalized spacial score (nSPS) is 12.5. The second-order valence-corrected chi connectivity index (χ2v) is 7.14. The van der Waals surface area contributed by atoms with E-state index < -0.39 is 36.0 Å². The Morgan fingerprint density at radius 3 is 1.24 bits per heavy atom. The van der Waals surface area contributed by atoms with Gasteiger partial charge in [0.1, 0.15) is 12.1 Å². The molecule has 0 bridgehead atoms. The van der Waals surface area contributed by atoms with Crippen LogP contribution in [0.3, 0.4) is 0 Å². The van der Waals surface area contributed by atoms with Crippen LogP contribution >= 0.6 is 0 Å². The number of esters is 4. The van der Waals surface area contributed by atoms with Crippen LogP contribution in [0.4, 0.5) is 0 Å². The molecule has 0 aliphatic heterocycles. The molecule has 0 N–H and O–H groups in total. The van der Waals surface area contributed by atoms with Crippen molar-refractivity contribution in [3.8, 4) is 0 Å². The van der Waals surface area contributed by atoms with Gasteiger partial charge in [0.15, 0.2) is 0 Å². The van der Waals surface area contributed by atoms with Crippen LogP contribution in [-0.2, 0) is 38.1 Å². The third-order valence-corrected chi connectivity index (χ3v) is 4.73. The zero-order valence-corrected chi connectivity index (χ0v) is 21.0. The van der Waals surface area contributed by atoms with Crippen molar-refractivity contribution in [1.29, 1.82) is 0 Å². The van der Waals surface area contributed by atoms with Gasteiger partial charge in [-0.25, -0.2) is 0 Å². The minimum atomic E-state index is -0.785. The molecule has 0 spiro atoms. The van der Waals surface area contributed by atoms with Crippen molar-refractivity contribution < 1.29 is 38.1 Å². The van der Waals surface area contributed by atoms with E-state index in [1.165, 1.54) is 0 Å². The van der Waals surface area contributed by atoms with E-state index in [0.29, 0.717) is 0 Å². The molecule has 0 aromatic carbocycles. The lowest BCUT2D eigenvalue weighted by atomic mass is 10.1. The monoisotopic (exact) mass is 484 g/mol. The van der Waals surface area contributed by atoms with E-state index in [4.69, 9.17) is 18.9 Å². The zero-order valence-electron chi connectivity index (χ0n) is 21.0. The first-order valence-corrected chi connectivity index (χ1v) is 11.6. The van der Waals surface area contributed by atoms with E-state index in [0.717, 1.165) is 0 Å². The van der Waals surface area contributed by atoms with Crippen molar-refractivity contribution in [2.45, 2.75) is 52.6 Å². The minimum Gasteiger partial charge on any atom is -0.465 e. The first-order valence-electron chi connectivity index (χ1n) is 11.6. The van der Waals surface area contributed by atoms with Gasteiger partial charge in [-0.15, -0.1) is 13.2 Å². The third-order valence-electron chi connectivity index (χ3n) is 4.73. The van der Waals surface area contributed by atoms with Crippen molar-refractivity contribution >= 4 is 23.9 Å². The number of carbonyl (C=O) groups excluding carboxylic acids is 4. The van der Waals surface area contributed by atoms with Crippen LogP contribution in [0, 0.1) is 0 Å². The summed E-state index contributed by atoms with van der Waals surface area (Å²) in [6.45, 7) is 14.9. The topological polar surface area (TPSA) is 112 Å². The molecule has 34 heavy (non-hydrogen) atoms. The molecule has 10 heteroatoms. The fraction of sp³-hybridized carbons (Fsp3) is 0.667. The molecule has 194 valence electrons. The van der Waals surface area contributed by atoms with E-state index >= 15 is 0 Å². The summed E-state index contributed by atoms with van der Waals surface area (Å²) < 4.78 is 20.5. The number of nitrogens with zero attached hydrogens (tertiary/aromatic N) is 2. The first kappa shape index (κ1) is 31.3. The van der Waals surface area contributed by atoms with Crippen molar-refractivity contribution in [3.63, 3.8) is 0 Å². The largest absolute Gasteiger partial charge is 0.465 e. The fourth-order valence-corrected chi connectivity index (χ4v) is 3.27. The Bertz CT molecular complexity index is 611. The van der Waals surface area contributed by atoms with Crippen LogP contribution in [0.1, 0.15) is 40.5 Å². The molecule has 0 aliphatic rings. The standard InChI is InChI=1S/C24H40N2O8/c1-7-13-19(23(29)33-11-5)25(17-21(27)31-9-3)15-16-26(18-22(28)32-10-4)20(14-8-2)24(30)34-12-6/h7-8,19-20H,1-2,9-18H2,3-6H3. The van der Waals surface area contributed by atoms with Gasteiger partial charge in [-0.3, -0.25) is 29.0 Å². The molecule has 2 atom stereocenters. The Morgan fingerprint density at radius 1 is 0.647 bits per heavy atom. The van der Waals surface area contributed by atoms with Gasteiger partial charge in [-0.05, 0) is 40.5 Å². The average Bonchev–Trinajstić information content (AvgIpc) is 2.78. The van der Waals surface area contributed by atoms with Gasteiger partial charge in [0, 0.05) is 13.1 Å². The summed E-state index contributed by atoms with van der Waals surface area (Å²) >= 11 is 0. The fourth-order valence-electron chi connectivity index (χ4n) is 3.27. The highest BCUT2D eigenvalue weighted by atomic mass is 16.5. The first-order chi connectivity index (χ1) is 16.3. The zero-order chi connectivity index (χ0) is 25.9. The maximum absolute atomic E-state index is 12.6. The second-order valence-electron chi connectivity index (χ2n) is 7.14. The highest BCUT2D eigenvalue weighted by molar-refractivity contribution is 5.79. The number of rotatable bonds is 19. The maximum Gasteiger partial charge on any atom is 0.323 e. The average molecular weight is 485 g/mol. The molecule has 0 aromatic rings. The highest BCUT2D eigenvalue weighted by Crippen LogP contribution is 2.13. The summed E-state index contributed by atoms with van der Waals surface area (Å²) in [5.41, 5.74) is 0. The van der Waals surface area contributed by atoms with Crippen LogP contribution in [0.2, 0.25) is 0 Å². The molecule has 0 amide bonds. The quantitative estimate of drug-likeness (QED) is 0.153. The van der Waals surface area contributed by atoms with Crippen molar-refractivity contribution in [3.05, 3.63) is 25.3 Å². The van der Waals surface area contributed by atoms with Gasteiger partial charge in [0.05, 0.1) is 39.5 Å². The number of ether oxygens (including phenoxy) is 4. The lowest BCUT2D eigenvalue weighted by molar-refractivity contribution is -0.156. The summed E-state index contributed by atoms with van der Waals surface area (Å²) in [6.07, 6.45) is 3.61. The number of carbonyl (C=O) groups is 4. The Labute approximate surface area is 202 Å². The number of hydrogen-bond donors (Lipinski definition) is 0. The molecule has 10 nitrogen and oxygen atoms in total. The van der Waals surface area contributed by atoms with Gasteiger partial charge in [0.2, 0.25) is 0 Å². The lowest BCUT2D eigenvalue weighted by Gasteiger charge is -2.33. The summed E-state index contributed by atoms with van der Waals surface area (Å²) in [7, 11) is 0. The Balaban J connectivity index is 5.92. The summed E-state index contributed by atoms with van der Waals surface area (Å²) in [5.74, 6) is -2.02. The van der Waals surface area contributed by atoms with Gasteiger partial charge in [0.25, 0.3) is 0 Å². The van der Waals surface area contributed by atoms with E-state index in [1.54, 1.807) is 49.6 Å². The molecule has 0 saturated carbocycles. The summed E-state index contributed by atoms with van der Waals surface area (Å²) in [5, 5.41) is 0. The third kappa shape index (κ3) is 11.9. The van der Waals surface area contributed by atoms with Crippen molar-refractivity contribution in [1.82, 2.24) is 9.80 Å². The molecule has 2 unspecified atom stereocenters. The van der Waals surface area contributed by atoms with Gasteiger partial charge in [-0.2, -0.15) is 0 Å². The summed E-state index contributed by atoms with van der Waals surface area (Å²) in [4.78, 5) is 53.0. The maximum atomic E-state index is 12.6. The van der Waals surface area contributed by atoms with Crippen molar-refractivity contribution in [2.24, 2.45) is 0 Å². The van der Waals surface area contributed by atoms with E-state index in [1.807, 2.05) is 0 Å². The van der Waals surface area contributed by atoms with Crippen LogP contribution < -0.4 is 0 Å². The Kier molecular flexibility index (Phi) is 17.2. The molecular weight excluding hydrogens is 444 g/mol. The van der Waals surface area contributed by atoms with Crippen molar-refractivity contribution in [2.75, 3.05) is 52.6 Å². The highest BCUT2D eigenvalue weighted by Gasteiger charge is 2.32. The second kappa shape index (κ2) is 18.7. The van der Waals surface area contributed by atoms with Gasteiger partial charge in [-0.1, -0.05) is 12.2 Å². The van der Waals surface area contributed by atoms with Crippen LogP contribution in [-0.4, -0.2) is 98.4 Å². The number of hydrogen-bond acceptors (Lipinski definition) is 10. The molecule has 0 rings (SSSR count). The van der Waals surface area contributed by atoms with E-state index in [2.05, 4.69) is 13.2 Å². The van der Waals surface area contributed by atoms with E-state index in [-0.39, 0.29) is 65.4 Å². The van der Waals surface area contributed by atoms with Crippen LogP contribution in [0.5, 0.6) is 0 Å². The molecule has 0 heterocycles. The molecule has 0 aromatic heterocycles. The molecule has 0 saturated heterocycles. The van der Waals surface area contributed by atoms with Gasteiger partial charge >= 0.3 is 23.9 Å². The Morgan fingerprint density at radius 2 is 0.971 bits per heavy atom. The molecule has 0 fully saturated rings. The summed E-state index contributed by atoms with van der Waals surface area (Å²) in [6, 6.07) is -1.57. The predicted molar refractivity (Wildman–Crippen MR) is 127 cm³/mol.